The quantitative estimate of drug-likeness (QED) is 0.821. The molecule has 2 rings (SSSR count). The molecule has 0 bridgehead atoms. The first-order chi connectivity index (χ1) is 8.43. The van der Waals surface area contributed by atoms with Crippen LogP contribution in [0.3, 0.4) is 0 Å². The van der Waals surface area contributed by atoms with Crippen molar-refractivity contribution in [3.8, 4) is 0 Å². The Kier molecular flexibility index (Phi) is 3.64. The maximum atomic E-state index is 12.6. The third-order valence-corrected chi connectivity index (χ3v) is 4.57. The lowest BCUT2D eigenvalue weighted by Crippen LogP contribution is -2.48. The van der Waals surface area contributed by atoms with E-state index >= 15 is 0 Å². The van der Waals surface area contributed by atoms with Crippen LogP contribution in [0.25, 0.3) is 0 Å². The molecule has 1 saturated heterocycles. The summed E-state index contributed by atoms with van der Waals surface area (Å²) in [5.41, 5.74) is -0.0996. The predicted molar refractivity (Wildman–Crippen MR) is 68.1 cm³/mol. The minimum Gasteiger partial charge on any atom is -0.481 e. The minimum absolute atomic E-state index is 0.0737. The van der Waals surface area contributed by atoms with Gasteiger partial charge in [0.05, 0.1) is 11.8 Å². The zero-order chi connectivity index (χ0) is 13.3. The molecule has 4 heteroatoms. The molecule has 0 spiro atoms. The number of carbonyl (C=O) groups excluding carboxylic acids is 1. The first kappa shape index (κ1) is 13.4. The molecule has 2 aliphatic rings. The highest BCUT2D eigenvalue weighted by atomic mass is 16.4. The number of aliphatic carboxylic acids is 1. The van der Waals surface area contributed by atoms with E-state index in [1.807, 2.05) is 4.90 Å². The van der Waals surface area contributed by atoms with Gasteiger partial charge in [-0.3, -0.25) is 9.59 Å². The van der Waals surface area contributed by atoms with Crippen LogP contribution in [0.15, 0.2) is 0 Å². The standard InChI is InChI=1S/C14H23NO3/c1-14(2)8-5-9-15(14)12(16)10-6-3-4-7-11(10)13(17)18/h10-11H,3-9H2,1-2H3,(H,17,18)/t10-,11+/m1/s1. The molecule has 1 heterocycles. The second-order valence-electron chi connectivity index (χ2n) is 6.24. The van der Waals surface area contributed by atoms with Crippen molar-refractivity contribution in [3.05, 3.63) is 0 Å². The molecule has 2 fully saturated rings. The molecule has 2 atom stereocenters. The number of carboxylic acids is 1. The fourth-order valence-electron chi connectivity index (χ4n) is 3.44. The van der Waals surface area contributed by atoms with Crippen LogP contribution in [-0.4, -0.2) is 34.0 Å². The van der Waals surface area contributed by atoms with E-state index in [1.165, 1.54) is 0 Å². The van der Waals surface area contributed by atoms with Gasteiger partial charge in [0.2, 0.25) is 5.91 Å². The molecule has 102 valence electrons. The summed E-state index contributed by atoms with van der Waals surface area (Å²) < 4.78 is 0. The maximum Gasteiger partial charge on any atom is 0.307 e. The lowest BCUT2D eigenvalue weighted by molar-refractivity contribution is -0.153. The van der Waals surface area contributed by atoms with Gasteiger partial charge in [-0.2, -0.15) is 0 Å². The molecular formula is C14H23NO3. The summed E-state index contributed by atoms with van der Waals surface area (Å²) in [4.78, 5) is 25.8. The minimum atomic E-state index is -0.801. The van der Waals surface area contributed by atoms with Gasteiger partial charge in [0.25, 0.3) is 0 Å². The van der Waals surface area contributed by atoms with Crippen molar-refractivity contribution in [2.45, 2.75) is 57.9 Å². The van der Waals surface area contributed by atoms with Gasteiger partial charge in [-0.15, -0.1) is 0 Å². The topological polar surface area (TPSA) is 57.6 Å². The maximum absolute atomic E-state index is 12.6. The molecule has 1 aliphatic carbocycles. The number of amides is 1. The summed E-state index contributed by atoms with van der Waals surface area (Å²) in [6, 6.07) is 0. The van der Waals surface area contributed by atoms with Crippen LogP contribution in [0.1, 0.15) is 52.4 Å². The first-order valence-electron chi connectivity index (χ1n) is 6.98. The van der Waals surface area contributed by atoms with Crippen molar-refractivity contribution in [2.75, 3.05) is 6.54 Å². The largest absolute Gasteiger partial charge is 0.481 e. The third kappa shape index (κ3) is 2.38. The van der Waals surface area contributed by atoms with Crippen LogP contribution in [0, 0.1) is 11.8 Å². The summed E-state index contributed by atoms with van der Waals surface area (Å²) in [5, 5.41) is 9.26. The Balaban J connectivity index is 2.13. The highest BCUT2D eigenvalue weighted by Crippen LogP contribution is 2.36. The summed E-state index contributed by atoms with van der Waals surface area (Å²) >= 11 is 0. The van der Waals surface area contributed by atoms with E-state index in [0.29, 0.717) is 6.42 Å². The summed E-state index contributed by atoms with van der Waals surface area (Å²) in [6.07, 6.45) is 5.35. The molecule has 1 saturated carbocycles. The molecule has 18 heavy (non-hydrogen) atoms. The smallest absolute Gasteiger partial charge is 0.307 e. The lowest BCUT2D eigenvalue weighted by Gasteiger charge is -2.37. The summed E-state index contributed by atoms with van der Waals surface area (Å²) in [7, 11) is 0. The van der Waals surface area contributed by atoms with Gasteiger partial charge < -0.3 is 10.0 Å². The number of hydrogen-bond donors (Lipinski definition) is 1. The second-order valence-corrected chi connectivity index (χ2v) is 6.24. The van der Waals surface area contributed by atoms with E-state index in [2.05, 4.69) is 13.8 Å². The van der Waals surface area contributed by atoms with E-state index in [1.54, 1.807) is 0 Å². The van der Waals surface area contributed by atoms with E-state index in [-0.39, 0.29) is 17.4 Å². The van der Waals surface area contributed by atoms with Gasteiger partial charge in [-0.1, -0.05) is 12.8 Å². The molecule has 1 aliphatic heterocycles. The number of carbonyl (C=O) groups is 2. The number of carboxylic acid groups (broad SMARTS) is 1. The Hall–Kier alpha value is -1.06. The number of hydrogen-bond acceptors (Lipinski definition) is 2. The monoisotopic (exact) mass is 253 g/mol. The molecular weight excluding hydrogens is 230 g/mol. The molecule has 0 radical (unpaired) electrons. The van der Waals surface area contributed by atoms with Gasteiger partial charge in [0, 0.05) is 12.1 Å². The highest BCUT2D eigenvalue weighted by molar-refractivity contribution is 5.85. The van der Waals surface area contributed by atoms with Crippen LogP contribution in [0.2, 0.25) is 0 Å². The normalized spacial score (nSPS) is 31.3. The number of likely N-dealkylation sites (tertiary alicyclic amines) is 1. The van der Waals surface area contributed by atoms with E-state index in [0.717, 1.165) is 38.6 Å². The fraction of sp³-hybridized carbons (Fsp3) is 0.857. The van der Waals surface area contributed by atoms with Crippen LogP contribution in [0.4, 0.5) is 0 Å². The second kappa shape index (κ2) is 4.90. The van der Waals surface area contributed by atoms with E-state index in [9.17, 15) is 14.7 Å². The Morgan fingerprint density at radius 1 is 1.11 bits per heavy atom. The molecule has 0 aromatic heterocycles. The van der Waals surface area contributed by atoms with Crippen LogP contribution in [-0.2, 0) is 9.59 Å². The van der Waals surface area contributed by atoms with Gasteiger partial charge in [0.15, 0.2) is 0 Å². The Morgan fingerprint density at radius 2 is 1.72 bits per heavy atom. The Labute approximate surface area is 108 Å². The fourth-order valence-corrected chi connectivity index (χ4v) is 3.44. The Morgan fingerprint density at radius 3 is 2.22 bits per heavy atom. The van der Waals surface area contributed by atoms with E-state index < -0.39 is 11.9 Å². The molecule has 1 N–H and O–H groups in total. The SMILES string of the molecule is CC1(C)CCCN1C(=O)[C@@H]1CCCC[C@@H]1C(=O)O. The van der Waals surface area contributed by atoms with Crippen molar-refractivity contribution >= 4 is 11.9 Å². The molecule has 0 aromatic carbocycles. The highest BCUT2D eigenvalue weighted by Gasteiger charge is 2.43. The lowest BCUT2D eigenvalue weighted by atomic mass is 9.78. The molecule has 0 aromatic rings. The summed E-state index contributed by atoms with van der Waals surface area (Å²) in [6.45, 7) is 4.95. The molecule has 0 unspecified atom stereocenters. The number of nitrogens with zero attached hydrogens (tertiary/aromatic N) is 1. The zero-order valence-electron chi connectivity index (χ0n) is 11.3. The van der Waals surface area contributed by atoms with Gasteiger partial charge >= 0.3 is 5.97 Å². The summed E-state index contributed by atoms with van der Waals surface area (Å²) in [5.74, 6) is -1.49. The van der Waals surface area contributed by atoms with Crippen molar-refractivity contribution in [1.29, 1.82) is 0 Å². The van der Waals surface area contributed by atoms with Gasteiger partial charge in [-0.05, 0) is 39.5 Å². The first-order valence-corrected chi connectivity index (χ1v) is 6.98. The van der Waals surface area contributed by atoms with Crippen molar-refractivity contribution in [3.63, 3.8) is 0 Å². The average molecular weight is 253 g/mol. The molecule has 4 nitrogen and oxygen atoms in total. The average Bonchev–Trinajstić information content (AvgIpc) is 2.68. The molecule has 1 amide bonds. The predicted octanol–water partition coefficient (Wildman–Crippen LogP) is 2.28. The van der Waals surface area contributed by atoms with Crippen molar-refractivity contribution < 1.29 is 14.7 Å². The van der Waals surface area contributed by atoms with Crippen molar-refractivity contribution in [2.24, 2.45) is 11.8 Å². The zero-order valence-corrected chi connectivity index (χ0v) is 11.3. The van der Waals surface area contributed by atoms with Crippen LogP contribution < -0.4 is 0 Å². The number of rotatable bonds is 2. The Bertz CT molecular complexity index is 351. The van der Waals surface area contributed by atoms with Gasteiger partial charge in [0.1, 0.15) is 0 Å². The van der Waals surface area contributed by atoms with E-state index in [4.69, 9.17) is 0 Å². The van der Waals surface area contributed by atoms with Crippen LogP contribution in [0.5, 0.6) is 0 Å². The van der Waals surface area contributed by atoms with Crippen molar-refractivity contribution in [1.82, 2.24) is 4.90 Å². The van der Waals surface area contributed by atoms with Gasteiger partial charge in [-0.25, -0.2) is 0 Å². The third-order valence-electron chi connectivity index (χ3n) is 4.57. The van der Waals surface area contributed by atoms with Crippen LogP contribution >= 0.6 is 0 Å².